The van der Waals surface area contributed by atoms with E-state index in [4.69, 9.17) is 4.74 Å². The molecule has 1 saturated heterocycles. The second-order valence-electron chi connectivity index (χ2n) is 9.60. The summed E-state index contributed by atoms with van der Waals surface area (Å²) in [5.41, 5.74) is -5.80. The maximum absolute atomic E-state index is 14.2. The van der Waals surface area contributed by atoms with Crippen LogP contribution >= 0.6 is 0 Å². The number of hydrogen-bond acceptors (Lipinski definition) is 4. The molecule has 0 N–H and O–H groups in total. The molecule has 0 spiro atoms. The van der Waals surface area contributed by atoms with Gasteiger partial charge in [0, 0.05) is 18.4 Å². The Kier molecular flexibility index (Phi) is 6.59. The van der Waals surface area contributed by atoms with Crippen LogP contribution in [-0.4, -0.2) is 33.0 Å². The third-order valence-corrected chi connectivity index (χ3v) is 9.79. The van der Waals surface area contributed by atoms with E-state index in [1.807, 2.05) is 0 Å². The van der Waals surface area contributed by atoms with Gasteiger partial charge < -0.3 is 9.47 Å². The van der Waals surface area contributed by atoms with Crippen LogP contribution in [-0.2, 0) is 36.3 Å². The van der Waals surface area contributed by atoms with Crippen LogP contribution in [0.15, 0.2) is 83.8 Å². The summed E-state index contributed by atoms with van der Waals surface area (Å²) in [4.78, 5) is -0.222. The fourth-order valence-corrected chi connectivity index (χ4v) is 7.39. The molecule has 5 rings (SSSR count). The van der Waals surface area contributed by atoms with Crippen molar-refractivity contribution in [1.29, 1.82) is 0 Å². The van der Waals surface area contributed by atoms with Crippen molar-refractivity contribution in [3.63, 3.8) is 0 Å². The number of hydrogen-bond donors (Lipinski definition) is 0. The van der Waals surface area contributed by atoms with Gasteiger partial charge in [-0.3, -0.25) is 0 Å². The van der Waals surface area contributed by atoms with Gasteiger partial charge in [-0.2, -0.15) is 26.3 Å². The zero-order valence-electron chi connectivity index (χ0n) is 20.0. The summed E-state index contributed by atoms with van der Waals surface area (Å²) in [6.45, 7) is -0.981. The van der Waals surface area contributed by atoms with Gasteiger partial charge in [0.1, 0.15) is 10.6 Å². The van der Waals surface area contributed by atoms with Gasteiger partial charge in [-0.05, 0) is 35.4 Å². The van der Waals surface area contributed by atoms with Crippen LogP contribution in [0, 0.1) is 5.82 Å². The maximum Gasteiger partial charge on any atom is 0.430 e. The number of alkyl halides is 6. The molecule has 0 amide bonds. The molecular formula is C27H21F7O4S. The van der Waals surface area contributed by atoms with Crippen molar-refractivity contribution >= 4 is 9.84 Å². The fourth-order valence-electron chi connectivity index (χ4n) is 5.23. The highest BCUT2D eigenvalue weighted by atomic mass is 32.2. The van der Waals surface area contributed by atoms with Gasteiger partial charge in [0.15, 0.2) is 9.84 Å². The van der Waals surface area contributed by atoms with E-state index in [9.17, 15) is 39.2 Å². The highest BCUT2D eigenvalue weighted by Crippen LogP contribution is 2.57. The number of sulfone groups is 1. The summed E-state index contributed by atoms with van der Waals surface area (Å²) >= 11 is 0. The second-order valence-corrected chi connectivity index (χ2v) is 11.9. The van der Waals surface area contributed by atoms with Gasteiger partial charge in [-0.25, -0.2) is 12.8 Å². The SMILES string of the molecule is O=S(=O)(c1ccc(F)cc1)C1(c2ccc(C(OCc3ccccc3)(C(F)(F)F)C(F)(F)F)cc2)CC2OC2C1. The highest BCUT2D eigenvalue weighted by Gasteiger charge is 2.73. The molecule has 1 saturated carbocycles. The minimum absolute atomic E-state index is 0.00711. The van der Waals surface area contributed by atoms with Gasteiger partial charge in [0.05, 0.1) is 23.7 Å². The molecule has 12 heteroatoms. The Bertz CT molecular complexity index is 1410. The van der Waals surface area contributed by atoms with Crippen LogP contribution < -0.4 is 0 Å². The molecule has 39 heavy (non-hydrogen) atoms. The van der Waals surface area contributed by atoms with Crippen LogP contribution in [0.2, 0.25) is 0 Å². The minimum Gasteiger partial charge on any atom is -0.369 e. The lowest BCUT2D eigenvalue weighted by Crippen LogP contribution is -2.55. The monoisotopic (exact) mass is 574 g/mol. The third kappa shape index (κ3) is 4.52. The molecule has 208 valence electrons. The normalized spacial score (nSPS) is 23.5. The molecule has 2 fully saturated rings. The van der Waals surface area contributed by atoms with E-state index in [1.54, 1.807) is 6.07 Å². The molecule has 0 radical (unpaired) electrons. The standard InChI is InChI=1S/C27H21F7O4S/c28-20-10-12-21(13-11-20)39(35,36)24(14-22-23(15-24)38-22)18-6-8-19(9-7-18)25(26(29,30)31,27(32,33)34)37-16-17-4-2-1-3-5-17/h1-13,22-23H,14-16H2. The van der Waals surface area contributed by atoms with Gasteiger partial charge in [0.2, 0.25) is 0 Å². The van der Waals surface area contributed by atoms with Gasteiger partial charge >= 0.3 is 12.4 Å². The molecule has 0 bridgehead atoms. The minimum atomic E-state index is -5.90. The number of ether oxygens (including phenoxy) is 2. The molecule has 3 aromatic rings. The van der Waals surface area contributed by atoms with E-state index < -0.39 is 62.7 Å². The molecular weight excluding hydrogens is 553 g/mol. The van der Waals surface area contributed by atoms with Crippen molar-refractivity contribution in [2.45, 2.75) is 59.3 Å². The van der Waals surface area contributed by atoms with Crippen LogP contribution in [0.4, 0.5) is 30.7 Å². The predicted molar refractivity (Wildman–Crippen MR) is 125 cm³/mol. The molecule has 1 aliphatic carbocycles. The summed E-state index contributed by atoms with van der Waals surface area (Å²) in [7, 11) is -4.25. The molecule has 1 aliphatic heterocycles. The first-order valence-electron chi connectivity index (χ1n) is 11.8. The molecule has 2 aliphatic rings. The number of halogens is 7. The fraction of sp³-hybridized carbons (Fsp3) is 0.333. The second kappa shape index (κ2) is 9.31. The smallest absolute Gasteiger partial charge is 0.369 e. The van der Waals surface area contributed by atoms with E-state index >= 15 is 0 Å². The van der Waals surface area contributed by atoms with E-state index in [-0.39, 0.29) is 28.9 Å². The lowest BCUT2D eigenvalue weighted by atomic mass is 9.88. The number of epoxide rings is 1. The Labute approximate surface area is 219 Å². The summed E-state index contributed by atoms with van der Waals surface area (Å²) in [5, 5.41) is 0. The van der Waals surface area contributed by atoms with Crippen LogP contribution in [0.25, 0.3) is 0 Å². The van der Waals surface area contributed by atoms with E-state index in [1.165, 1.54) is 24.3 Å². The lowest BCUT2D eigenvalue weighted by molar-refractivity contribution is -0.392. The van der Waals surface area contributed by atoms with E-state index in [0.717, 1.165) is 36.4 Å². The lowest BCUT2D eigenvalue weighted by Gasteiger charge is -2.38. The summed E-state index contributed by atoms with van der Waals surface area (Å²) in [5.74, 6) is -0.670. The molecule has 1 heterocycles. The average Bonchev–Trinajstić information content (AvgIpc) is 3.49. The van der Waals surface area contributed by atoms with Crippen molar-refractivity contribution in [2.75, 3.05) is 0 Å². The average molecular weight is 575 g/mol. The first-order valence-corrected chi connectivity index (χ1v) is 13.3. The number of rotatable bonds is 7. The van der Waals surface area contributed by atoms with Crippen LogP contribution in [0.3, 0.4) is 0 Å². The highest BCUT2D eigenvalue weighted by molar-refractivity contribution is 7.92. The summed E-state index contributed by atoms with van der Waals surface area (Å²) in [6, 6.07) is 14.3. The van der Waals surface area contributed by atoms with Crippen LogP contribution in [0.5, 0.6) is 0 Å². The predicted octanol–water partition coefficient (Wildman–Crippen LogP) is 6.59. The Morgan fingerprint density at radius 3 is 1.85 bits per heavy atom. The summed E-state index contributed by atoms with van der Waals surface area (Å²) < 4.78 is 135. The van der Waals surface area contributed by atoms with Crippen molar-refractivity contribution in [3.05, 3.63) is 101 Å². The molecule has 2 unspecified atom stereocenters. The topological polar surface area (TPSA) is 55.9 Å². The van der Waals surface area contributed by atoms with E-state index in [0.29, 0.717) is 12.1 Å². The first kappa shape index (κ1) is 27.6. The van der Waals surface area contributed by atoms with Gasteiger partial charge in [-0.15, -0.1) is 0 Å². The third-order valence-electron chi connectivity index (χ3n) is 7.30. The van der Waals surface area contributed by atoms with Crippen molar-refractivity contribution < 1.29 is 48.6 Å². The van der Waals surface area contributed by atoms with Crippen molar-refractivity contribution in [2.24, 2.45) is 0 Å². The Balaban J connectivity index is 1.58. The van der Waals surface area contributed by atoms with Gasteiger partial charge in [-0.1, -0.05) is 54.6 Å². The quantitative estimate of drug-likeness (QED) is 0.182. The molecule has 3 aromatic carbocycles. The Morgan fingerprint density at radius 2 is 1.33 bits per heavy atom. The van der Waals surface area contributed by atoms with Gasteiger partial charge in [0.25, 0.3) is 5.60 Å². The van der Waals surface area contributed by atoms with Crippen LogP contribution in [0.1, 0.15) is 29.5 Å². The molecule has 0 aromatic heterocycles. The number of fused-ring (bicyclic) bond motifs is 1. The zero-order valence-corrected chi connectivity index (χ0v) is 20.8. The Morgan fingerprint density at radius 1 is 0.795 bits per heavy atom. The van der Waals surface area contributed by atoms with Crippen molar-refractivity contribution in [1.82, 2.24) is 0 Å². The maximum atomic E-state index is 14.2. The van der Waals surface area contributed by atoms with Crippen molar-refractivity contribution in [3.8, 4) is 0 Å². The zero-order chi connectivity index (χ0) is 28.3. The largest absolute Gasteiger partial charge is 0.430 e. The molecule has 2 atom stereocenters. The Hall–Kier alpha value is -2.96. The van der Waals surface area contributed by atoms with E-state index in [2.05, 4.69) is 4.74 Å². The first-order chi connectivity index (χ1) is 18.2. The summed E-state index contributed by atoms with van der Waals surface area (Å²) in [6.07, 6.45) is -12.7. The molecule has 4 nitrogen and oxygen atoms in total. The number of benzene rings is 3.